The highest BCUT2D eigenvalue weighted by Gasteiger charge is 2.21. The summed E-state index contributed by atoms with van der Waals surface area (Å²) >= 11 is 0. The van der Waals surface area contributed by atoms with E-state index < -0.39 is 12.2 Å². The Morgan fingerprint density at radius 2 is 2.18 bits per heavy atom. The van der Waals surface area contributed by atoms with E-state index >= 15 is 0 Å². The number of benzene rings is 1. The molecule has 3 N–H and O–H groups in total. The number of nitrogens with zero attached hydrogens (tertiary/aromatic N) is 3. The van der Waals surface area contributed by atoms with Crippen molar-refractivity contribution >= 4 is 0 Å². The molecule has 92 valence electrons. The lowest BCUT2D eigenvalue weighted by molar-refractivity contribution is 0.0229. The third-order valence-corrected chi connectivity index (χ3v) is 2.23. The molecule has 0 spiro atoms. The van der Waals surface area contributed by atoms with Crippen LogP contribution >= 0.6 is 0 Å². The van der Waals surface area contributed by atoms with Crippen LogP contribution in [0.2, 0.25) is 0 Å². The summed E-state index contributed by atoms with van der Waals surface area (Å²) in [5.41, 5.74) is 8.42. The zero-order valence-electron chi connectivity index (χ0n) is 9.19. The van der Waals surface area contributed by atoms with Gasteiger partial charge >= 0.3 is 0 Å². The second-order valence-electron chi connectivity index (χ2n) is 3.35. The van der Waals surface area contributed by atoms with Gasteiger partial charge in [0.15, 0.2) is 0 Å². The van der Waals surface area contributed by atoms with Gasteiger partial charge in [-0.15, -0.1) is 0 Å². The van der Waals surface area contributed by atoms with Crippen molar-refractivity contribution < 1.29 is 20.1 Å². The number of azide groups is 1. The van der Waals surface area contributed by atoms with Crippen LogP contribution in [-0.4, -0.2) is 35.1 Å². The van der Waals surface area contributed by atoms with Crippen molar-refractivity contribution in [3.05, 3.63) is 34.2 Å². The number of aromatic hydroxyl groups is 1. The molecule has 1 aromatic rings. The number of hydrogen-bond acceptors (Lipinski definition) is 5. The predicted molar refractivity (Wildman–Crippen MR) is 59.6 cm³/mol. The van der Waals surface area contributed by atoms with Gasteiger partial charge in [0.2, 0.25) is 0 Å². The first-order valence-electron chi connectivity index (χ1n) is 4.84. The quantitative estimate of drug-likeness (QED) is 0.405. The molecule has 0 aliphatic heterocycles. The molecule has 1 aromatic carbocycles. The van der Waals surface area contributed by atoms with Crippen molar-refractivity contribution in [1.29, 1.82) is 0 Å². The largest absolute Gasteiger partial charge is 0.508 e. The Labute approximate surface area is 97.5 Å². The van der Waals surface area contributed by atoms with Crippen LogP contribution in [0.1, 0.15) is 11.7 Å². The first-order valence-corrected chi connectivity index (χ1v) is 4.84. The van der Waals surface area contributed by atoms with E-state index in [9.17, 15) is 15.3 Å². The van der Waals surface area contributed by atoms with Gasteiger partial charge in [0.05, 0.1) is 19.8 Å². The maximum absolute atomic E-state index is 9.82. The summed E-state index contributed by atoms with van der Waals surface area (Å²) in [5, 5.41) is 31.8. The molecule has 0 aliphatic rings. The molecule has 0 fully saturated rings. The number of phenols is 1. The SMILES string of the molecule is COc1cc(O)ccc1C(O)C(O)CN=[N+]=[N-]. The average Bonchev–Trinajstić information content (AvgIpc) is 2.34. The molecular weight excluding hydrogens is 226 g/mol. The van der Waals surface area contributed by atoms with E-state index in [0.717, 1.165) is 0 Å². The molecule has 7 heteroatoms. The molecule has 0 heterocycles. The fourth-order valence-electron chi connectivity index (χ4n) is 1.37. The van der Waals surface area contributed by atoms with E-state index in [1.165, 1.54) is 25.3 Å². The lowest BCUT2D eigenvalue weighted by Crippen LogP contribution is -2.21. The molecule has 0 radical (unpaired) electrons. The van der Waals surface area contributed by atoms with Crippen LogP contribution < -0.4 is 4.74 Å². The minimum absolute atomic E-state index is 0.0117. The smallest absolute Gasteiger partial charge is 0.128 e. The molecule has 2 atom stereocenters. The fraction of sp³-hybridized carbons (Fsp3) is 0.400. The topological polar surface area (TPSA) is 119 Å². The first-order chi connectivity index (χ1) is 8.10. The molecule has 2 unspecified atom stereocenters. The zero-order valence-corrected chi connectivity index (χ0v) is 9.19. The highest BCUT2D eigenvalue weighted by atomic mass is 16.5. The van der Waals surface area contributed by atoms with Crippen molar-refractivity contribution in [2.45, 2.75) is 12.2 Å². The van der Waals surface area contributed by atoms with Crippen LogP contribution in [0.3, 0.4) is 0 Å². The summed E-state index contributed by atoms with van der Waals surface area (Å²) in [7, 11) is 1.38. The number of methoxy groups -OCH3 is 1. The standard InChI is InChI=1S/C10H13N3O4/c1-17-9-4-6(14)2-3-7(9)10(16)8(15)5-12-13-11/h2-4,8,10,14-16H,5H2,1H3. The molecular formula is C10H13N3O4. The molecule has 0 aliphatic carbocycles. The third kappa shape index (κ3) is 3.25. The normalized spacial score (nSPS) is 13.6. The Balaban J connectivity index is 2.94. The molecule has 0 aromatic heterocycles. The number of ether oxygens (including phenoxy) is 1. The number of rotatable bonds is 5. The Kier molecular flexibility index (Phi) is 4.59. The maximum atomic E-state index is 9.82. The Morgan fingerprint density at radius 3 is 2.76 bits per heavy atom. The van der Waals surface area contributed by atoms with Crippen molar-refractivity contribution in [2.24, 2.45) is 5.11 Å². The summed E-state index contributed by atoms with van der Waals surface area (Å²) in [4.78, 5) is 2.49. The van der Waals surface area contributed by atoms with Crippen molar-refractivity contribution in [2.75, 3.05) is 13.7 Å². The van der Waals surface area contributed by atoms with E-state index in [2.05, 4.69) is 10.0 Å². The van der Waals surface area contributed by atoms with Gasteiger partial charge in [0, 0.05) is 16.5 Å². The van der Waals surface area contributed by atoms with Crippen LogP contribution in [-0.2, 0) is 0 Å². The molecule has 0 bridgehead atoms. The predicted octanol–water partition coefficient (Wildman–Crippen LogP) is 1.11. The van der Waals surface area contributed by atoms with Gasteiger partial charge in [-0.25, -0.2) is 0 Å². The number of phenolic OH excluding ortho intramolecular Hbond substituents is 1. The van der Waals surface area contributed by atoms with Crippen LogP contribution in [0, 0.1) is 0 Å². The van der Waals surface area contributed by atoms with Gasteiger partial charge in [-0.3, -0.25) is 0 Å². The molecule has 0 saturated heterocycles. The van der Waals surface area contributed by atoms with Crippen molar-refractivity contribution in [3.8, 4) is 11.5 Å². The van der Waals surface area contributed by atoms with Crippen LogP contribution in [0.5, 0.6) is 11.5 Å². The van der Waals surface area contributed by atoms with Crippen molar-refractivity contribution in [1.82, 2.24) is 0 Å². The first kappa shape index (κ1) is 13.1. The van der Waals surface area contributed by atoms with Gasteiger partial charge in [-0.2, -0.15) is 0 Å². The fourth-order valence-corrected chi connectivity index (χ4v) is 1.37. The van der Waals surface area contributed by atoms with Crippen LogP contribution in [0.4, 0.5) is 0 Å². The summed E-state index contributed by atoms with van der Waals surface area (Å²) < 4.78 is 4.97. The van der Waals surface area contributed by atoms with Crippen LogP contribution in [0.25, 0.3) is 10.4 Å². The Hall–Kier alpha value is -1.95. The van der Waals surface area contributed by atoms with E-state index in [1.807, 2.05) is 0 Å². The molecule has 1 rings (SSSR count). The summed E-state index contributed by atoms with van der Waals surface area (Å²) in [5.74, 6) is 0.236. The lowest BCUT2D eigenvalue weighted by Gasteiger charge is -2.18. The molecule has 7 nitrogen and oxygen atoms in total. The third-order valence-electron chi connectivity index (χ3n) is 2.23. The highest BCUT2D eigenvalue weighted by molar-refractivity contribution is 5.41. The second kappa shape index (κ2) is 5.95. The monoisotopic (exact) mass is 239 g/mol. The number of aliphatic hydroxyl groups is 2. The molecule has 17 heavy (non-hydrogen) atoms. The van der Waals surface area contributed by atoms with Crippen LogP contribution in [0.15, 0.2) is 23.3 Å². The molecule has 0 amide bonds. The van der Waals surface area contributed by atoms with E-state index in [1.54, 1.807) is 0 Å². The van der Waals surface area contributed by atoms with Gasteiger partial charge < -0.3 is 20.1 Å². The van der Waals surface area contributed by atoms with Crippen molar-refractivity contribution in [3.63, 3.8) is 0 Å². The van der Waals surface area contributed by atoms with Gasteiger partial charge in [0.1, 0.15) is 17.6 Å². The average molecular weight is 239 g/mol. The summed E-state index contributed by atoms with van der Waals surface area (Å²) in [6.07, 6.45) is -2.49. The minimum Gasteiger partial charge on any atom is -0.508 e. The molecule has 0 saturated carbocycles. The Morgan fingerprint density at radius 1 is 1.47 bits per heavy atom. The van der Waals surface area contributed by atoms with E-state index in [4.69, 9.17) is 10.3 Å². The van der Waals surface area contributed by atoms with Gasteiger partial charge in [-0.1, -0.05) is 5.11 Å². The second-order valence-corrected chi connectivity index (χ2v) is 3.35. The number of aliphatic hydroxyl groups excluding tert-OH is 2. The summed E-state index contributed by atoms with van der Waals surface area (Å²) in [6, 6.07) is 4.11. The summed E-state index contributed by atoms with van der Waals surface area (Å²) in [6.45, 7) is -0.248. The minimum atomic E-state index is -1.25. The Bertz CT molecular complexity index is 432. The van der Waals surface area contributed by atoms with E-state index in [-0.39, 0.29) is 18.0 Å². The lowest BCUT2D eigenvalue weighted by atomic mass is 10.0. The van der Waals surface area contributed by atoms with E-state index in [0.29, 0.717) is 5.56 Å². The zero-order chi connectivity index (χ0) is 12.8. The van der Waals surface area contributed by atoms with Gasteiger partial charge in [0.25, 0.3) is 0 Å². The number of hydrogen-bond donors (Lipinski definition) is 3. The maximum Gasteiger partial charge on any atom is 0.128 e. The van der Waals surface area contributed by atoms with Gasteiger partial charge in [-0.05, 0) is 17.7 Å². The highest BCUT2D eigenvalue weighted by Crippen LogP contribution is 2.30.